The molecule has 3 atom stereocenters. The Kier molecular flexibility index (Phi) is 5.65. The van der Waals surface area contributed by atoms with Crippen LogP contribution in [0.15, 0.2) is 23.8 Å². The second-order valence-electron chi connectivity index (χ2n) is 5.56. The van der Waals surface area contributed by atoms with E-state index in [0.29, 0.717) is 12.8 Å². The molecular formula is C15H22O5. The highest BCUT2D eigenvalue weighted by Gasteiger charge is 2.34. The van der Waals surface area contributed by atoms with Crippen molar-refractivity contribution < 1.29 is 24.9 Å². The van der Waals surface area contributed by atoms with E-state index in [0.717, 1.165) is 5.57 Å². The average Bonchev–Trinajstić information content (AvgIpc) is 2.37. The van der Waals surface area contributed by atoms with E-state index in [1.54, 1.807) is 19.9 Å². The van der Waals surface area contributed by atoms with Crippen LogP contribution < -0.4 is 0 Å². The molecule has 0 unspecified atom stereocenters. The van der Waals surface area contributed by atoms with Gasteiger partial charge in [0.05, 0.1) is 18.1 Å². The number of rotatable bonds is 6. The van der Waals surface area contributed by atoms with Crippen LogP contribution in [0.3, 0.4) is 0 Å². The number of hydrogen-bond acceptors (Lipinski definition) is 4. The number of aliphatic hydroxyl groups excluding tert-OH is 1. The van der Waals surface area contributed by atoms with Gasteiger partial charge in [0, 0.05) is 6.42 Å². The van der Waals surface area contributed by atoms with E-state index in [1.807, 2.05) is 6.08 Å². The fourth-order valence-corrected chi connectivity index (χ4v) is 2.23. The Morgan fingerprint density at radius 1 is 1.60 bits per heavy atom. The maximum absolute atomic E-state index is 11.7. The molecule has 0 heterocycles. The predicted octanol–water partition coefficient (Wildman–Crippen LogP) is 1.30. The van der Waals surface area contributed by atoms with Crippen LogP contribution in [0, 0.1) is 11.8 Å². The molecule has 0 spiro atoms. The third-order valence-corrected chi connectivity index (χ3v) is 3.87. The third kappa shape index (κ3) is 4.28. The largest absolute Gasteiger partial charge is 0.481 e. The van der Waals surface area contributed by atoms with Crippen molar-refractivity contribution in [1.29, 1.82) is 0 Å². The number of carbonyl (C=O) groups is 2. The van der Waals surface area contributed by atoms with Gasteiger partial charge in [-0.25, -0.2) is 0 Å². The van der Waals surface area contributed by atoms with Crippen LogP contribution in [0.4, 0.5) is 0 Å². The van der Waals surface area contributed by atoms with Crippen LogP contribution >= 0.6 is 0 Å². The molecule has 112 valence electrons. The van der Waals surface area contributed by atoms with Crippen LogP contribution in [0.25, 0.3) is 0 Å². The molecule has 0 aromatic carbocycles. The summed E-state index contributed by atoms with van der Waals surface area (Å²) in [4.78, 5) is 22.4. The van der Waals surface area contributed by atoms with Crippen molar-refractivity contribution in [3.8, 4) is 0 Å². The van der Waals surface area contributed by atoms with Gasteiger partial charge >= 0.3 is 5.97 Å². The van der Waals surface area contributed by atoms with Gasteiger partial charge in [-0.15, -0.1) is 0 Å². The zero-order chi connectivity index (χ0) is 15.3. The van der Waals surface area contributed by atoms with Crippen molar-refractivity contribution in [1.82, 2.24) is 0 Å². The lowest BCUT2D eigenvalue weighted by Crippen LogP contribution is -2.37. The maximum atomic E-state index is 11.7. The molecule has 3 N–H and O–H groups in total. The van der Waals surface area contributed by atoms with Gasteiger partial charge in [0.15, 0.2) is 5.78 Å². The summed E-state index contributed by atoms with van der Waals surface area (Å²) in [6.45, 7) is 2.95. The van der Waals surface area contributed by atoms with Crippen LogP contribution in [0.2, 0.25) is 0 Å². The minimum absolute atomic E-state index is 0.0456. The van der Waals surface area contributed by atoms with Gasteiger partial charge < -0.3 is 15.3 Å². The summed E-state index contributed by atoms with van der Waals surface area (Å²) in [6, 6.07) is 0. The summed E-state index contributed by atoms with van der Waals surface area (Å²) in [6.07, 6.45) is 5.98. The Labute approximate surface area is 118 Å². The predicted molar refractivity (Wildman–Crippen MR) is 74.1 cm³/mol. The minimum Gasteiger partial charge on any atom is -0.481 e. The zero-order valence-corrected chi connectivity index (χ0v) is 11.9. The van der Waals surface area contributed by atoms with E-state index in [9.17, 15) is 14.7 Å². The number of ketones is 1. The molecule has 0 bridgehead atoms. The number of aliphatic carboxylic acids is 1. The van der Waals surface area contributed by atoms with Gasteiger partial charge in [0.2, 0.25) is 0 Å². The molecule has 0 aromatic rings. The lowest BCUT2D eigenvalue weighted by Gasteiger charge is -2.33. The van der Waals surface area contributed by atoms with Crippen LogP contribution in [-0.2, 0) is 9.59 Å². The van der Waals surface area contributed by atoms with Gasteiger partial charge in [-0.2, -0.15) is 0 Å². The molecule has 0 aromatic heterocycles. The number of Topliss-reactive ketones (excluding diaryl/α,β-unsaturated/α-hetero) is 1. The molecule has 0 radical (unpaired) electrons. The second-order valence-corrected chi connectivity index (χ2v) is 5.56. The summed E-state index contributed by atoms with van der Waals surface area (Å²) >= 11 is 0. The lowest BCUT2D eigenvalue weighted by atomic mass is 9.76. The van der Waals surface area contributed by atoms with E-state index < -0.39 is 24.1 Å². The average molecular weight is 282 g/mol. The molecule has 0 amide bonds. The Hall–Kier alpha value is -1.46. The Bertz CT molecular complexity index is 434. The summed E-state index contributed by atoms with van der Waals surface area (Å²) in [5.74, 6) is -2.18. The normalized spacial score (nSPS) is 24.3. The summed E-state index contributed by atoms with van der Waals surface area (Å²) < 4.78 is 0. The van der Waals surface area contributed by atoms with E-state index in [4.69, 9.17) is 10.2 Å². The zero-order valence-electron chi connectivity index (χ0n) is 11.9. The number of carbonyl (C=O) groups excluding carboxylic acids is 1. The monoisotopic (exact) mass is 282 g/mol. The fourth-order valence-electron chi connectivity index (χ4n) is 2.23. The molecular weight excluding hydrogens is 260 g/mol. The molecule has 0 fully saturated rings. The molecule has 5 heteroatoms. The van der Waals surface area contributed by atoms with Gasteiger partial charge in [0.25, 0.3) is 0 Å². The molecule has 1 aliphatic rings. The molecule has 0 saturated heterocycles. The van der Waals surface area contributed by atoms with E-state index in [1.165, 1.54) is 6.08 Å². The summed E-state index contributed by atoms with van der Waals surface area (Å²) in [5, 5.41) is 28.1. The second kappa shape index (κ2) is 6.81. The summed E-state index contributed by atoms with van der Waals surface area (Å²) in [7, 11) is 0. The first-order valence-corrected chi connectivity index (χ1v) is 6.70. The number of aliphatic hydroxyl groups is 2. The molecule has 1 rings (SSSR count). The van der Waals surface area contributed by atoms with E-state index in [-0.39, 0.29) is 18.1 Å². The highest BCUT2D eigenvalue weighted by molar-refractivity contribution is 5.95. The first-order valence-electron chi connectivity index (χ1n) is 6.70. The SMILES string of the molecule is CC1=CC[C@@H]([C@](C)(O)C/C=C/[C@@H](CO)C(=O)O)CC1=O. The van der Waals surface area contributed by atoms with E-state index in [2.05, 4.69) is 0 Å². The van der Waals surface area contributed by atoms with Crippen molar-refractivity contribution in [2.45, 2.75) is 38.7 Å². The van der Waals surface area contributed by atoms with Crippen molar-refractivity contribution in [2.24, 2.45) is 11.8 Å². The molecule has 1 aliphatic carbocycles. The molecule has 0 aliphatic heterocycles. The smallest absolute Gasteiger partial charge is 0.312 e. The minimum atomic E-state index is -1.10. The highest BCUT2D eigenvalue weighted by Crippen LogP contribution is 2.32. The number of allylic oxidation sites excluding steroid dienone is 2. The van der Waals surface area contributed by atoms with Gasteiger partial charge in [-0.3, -0.25) is 9.59 Å². The van der Waals surface area contributed by atoms with Crippen molar-refractivity contribution in [3.05, 3.63) is 23.8 Å². The van der Waals surface area contributed by atoms with Crippen molar-refractivity contribution in [3.63, 3.8) is 0 Å². The maximum Gasteiger partial charge on any atom is 0.312 e. The van der Waals surface area contributed by atoms with Crippen LogP contribution in [0.5, 0.6) is 0 Å². The topological polar surface area (TPSA) is 94.8 Å². The number of carboxylic acids is 1. The third-order valence-electron chi connectivity index (χ3n) is 3.87. The Balaban J connectivity index is 2.64. The molecule has 5 nitrogen and oxygen atoms in total. The van der Waals surface area contributed by atoms with Crippen molar-refractivity contribution >= 4 is 11.8 Å². The van der Waals surface area contributed by atoms with Crippen LogP contribution in [0.1, 0.15) is 33.1 Å². The Morgan fingerprint density at radius 2 is 2.25 bits per heavy atom. The van der Waals surface area contributed by atoms with Gasteiger partial charge in [0.1, 0.15) is 0 Å². The molecule has 0 saturated carbocycles. The van der Waals surface area contributed by atoms with Gasteiger partial charge in [-0.1, -0.05) is 18.2 Å². The van der Waals surface area contributed by atoms with Gasteiger partial charge in [-0.05, 0) is 38.2 Å². The molecule has 20 heavy (non-hydrogen) atoms. The standard InChI is InChI=1S/C15H22O5/c1-10-5-6-12(8-13(10)17)15(2,20)7-3-4-11(9-16)14(18)19/h3-5,11-12,16,20H,6-9H2,1-2H3,(H,18,19)/b4-3+/t11-,12+,15+/m0/s1. The first kappa shape index (κ1) is 16.6. The highest BCUT2D eigenvalue weighted by atomic mass is 16.4. The van der Waals surface area contributed by atoms with E-state index >= 15 is 0 Å². The fraction of sp³-hybridized carbons (Fsp3) is 0.600. The first-order chi connectivity index (χ1) is 9.27. The summed E-state index contributed by atoms with van der Waals surface area (Å²) in [5.41, 5.74) is -0.333. The number of hydrogen-bond donors (Lipinski definition) is 3. The lowest BCUT2D eigenvalue weighted by molar-refractivity contribution is -0.141. The Morgan fingerprint density at radius 3 is 2.75 bits per heavy atom. The number of carboxylic acid groups (broad SMARTS) is 1. The quantitative estimate of drug-likeness (QED) is 0.638. The van der Waals surface area contributed by atoms with Crippen LogP contribution in [-0.4, -0.2) is 39.3 Å². The van der Waals surface area contributed by atoms with Crippen molar-refractivity contribution in [2.75, 3.05) is 6.61 Å².